The number of aliphatic hydroxyl groups excluding tert-OH is 1. The van der Waals surface area contributed by atoms with Crippen molar-refractivity contribution >= 4 is 5.97 Å². The predicted molar refractivity (Wildman–Crippen MR) is 93.4 cm³/mol. The fraction of sp³-hybridized carbons (Fsp3) is 0.667. The lowest BCUT2D eigenvalue weighted by Gasteiger charge is -2.54. The average molecular weight is 346 g/mol. The molecule has 0 aliphatic heterocycles. The molecule has 0 amide bonds. The van der Waals surface area contributed by atoms with Crippen LogP contribution in [0.25, 0.3) is 0 Å². The fourth-order valence-electron chi connectivity index (χ4n) is 6.08. The van der Waals surface area contributed by atoms with E-state index in [2.05, 4.69) is 32.1 Å². The first-order valence-corrected chi connectivity index (χ1v) is 9.35. The number of hydrogen-bond acceptors (Lipinski definition) is 3. The molecule has 0 heterocycles. The highest BCUT2D eigenvalue weighted by atomic mass is 19.1. The highest BCUT2D eigenvalue weighted by molar-refractivity contribution is 5.66. The molecule has 4 aliphatic rings. The number of carbonyl (C=O) groups is 1. The number of rotatable bonds is 1. The highest BCUT2D eigenvalue weighted by Crippen LogP contribution is 2.63. The van der Waals surface area contributed by atoms with E-state index in [1.165, 1.54) is 12.5 Å². The van der Waals surface area contributed by atoms with Gasteiger partial charge < -0.3 is 9.84 Å². The minimum absolute atomic E-state index is 0.106. The summed E-state index contributed by atoms with van der Waals surface area (Å²) >= 11 is 0. The van der Waals surface area contributed by atoms with E-state index in [4.69, 9.17) is 4.74 Å². The Morgan fingerprint density at radius 3 is 2.80 bits per heavy atom. The van der Waals surface area contributed by atoms with Gasteiger partial charge in [0, 0.05) is 17.8 Å². The largest absolute Gasteiger partial charge is 0.459 e. The SMILES string of the molecule is CC(=O)O[C@H]1[C@H](F)C[C@H]2[C@@H]3C=CC4=C[C@@H](O)C=C[C@]4(C)[C@H]3CC[C@@]21C. The van der Waals surface area contributed by atoms with Gasteiger partial charge in [-0.15, -0.1) is 0 Å². The third kappa shape index (κ3) is 2.37. The van der Waals surface area contributed by atoms with Crippen molar-refractivity contribution in [3.8, 4) is 0 Å². The summed E-state index contributed by atoms with van der Waals surface area (Å²) in [6, 6.07) is 0. The molecule has 4 heteroatoms. The highest BCUT2D eigenvalue weighted by Gasteiger charge is 2.62. The number of carbonyl (C=O) groups excluding carboxylic acids is 1. The summed E-state index contributed by atoms with van der Waals surface area (Å²) in [5.74, 6) is 0.464. The van der Waals surface area contributed by atoms with Crippen LogP contribution < -0.4 is 0 Å². The molecular formula is C21H27FO3. The van der Waals surface area contributed by atoms with Crippen LogP contribution in [0.3, 0.4) is 0 Å². The molecule has 1 N–H and O–H groups in total. The first kappa shape index (κ1) is 17.0. The van der Waals surface area contributed by atoms with Crippen LogP contribution in [-0.2, 0) is 9.53 Å². The van der Waals surface area contributed by atoms with Crippen molar-refractivity contribution in [2.24, 2.45) is 28.6 Å². The van der Waals surface area contributed by atoms with Crippen molar-refractivity contribution in [1.29, 1.82) is 0 Å². The van der Waals surface area contributed by atoms with Crippen LogP contribution in [0.4, 0.5) is 4.39 Å². The number of halogens is 1. The third-order valence-corrected chi connectivity index (χ3v) is 7.40. The summed E-state index contributed by atoms with van der Waals surface area (Å²) in [4.78, 5) is 11.5. The van der Waals surface area contributed by atoms with Gasteiger partial charge in [0.15, 0.2) is 0 Å². The first-order valence-electron chi connectivity index (χ1n) is 9.35. The van der Waals surface area contributed by atoms with Crippen LogP contribution in [0.15, 0.2) is 36.0 Å². The van der Waals surface area contributed by atoms with E-state index in [0.29, 0.717) is 12.3 Å². The Kier molecular flexibility index (Phi) is 3.77. The molecule has 136 valence electrons. The standard InChI is InChI=1S/C21H27FO3/c1-12(23)25-19-18(22)11-17-15-5-4-13-10-14(24)6-8-20(13,2)16(15)7-9-21(17,19)3/h4-6,8,10,14-19,24H,7,9,11H2,1-3H3/t14-,15+,16-,17-,18+,19-,20-,21-/m0/s1. The maximum absolute atomic E-state index is 14.8. The maximum Gasteiger partial charge on any atom is 0.303 e. The molecular weight excluding hydrogens is 319 g/mol. The Hall–Kier alpha value is -1.42. The van der Waals surface area contributed by atoms with Gasteiger partial charge in [-0.25, -0.2) is 4.39 Å². The summed E-state index contributed by atoms with van der Waals surface area (Å²) in [6.45, 7) is 5.70. The molecule has 2 saturated carbocycles. The number of hydrogen-bond donors (Lipinski definition) is 1. The molecule has 2 fully saturated rings. The van der Waals surface area contributed by atoms with E-state index in [1.807, 2.05) is 12.2 Å². The van der Waals surface area contributed by atoms with Crippen molar-refractivity contribution in [3.05, 3.63) is 36.0 Å². The molecule has 0 bridgehead atoms. The molecule has 0 aromatic heterocycles. The van der Waals surface area contributed by atoms with E-state index in [-0.39, 0.29) is 22.7 Å². The van der Waals surface area contributed by atoms with Crippen LogP contribution in [0.5, 0.6) is 0 Å². The van der Waals surface area contributed by atoms with Gasteiger partial charge in [0.2, 0.25) is 0 Å². The molecule has 0 radical (unpaired) electrons. The zero-order chi connectivity index (χ0) is 18.0. The predicted octanol–water partition coefficient (Wildman–Crippen LogP) is 3.74. The van der Waals surface area contributed by atoms with Gasteiger partial charge in [0.1, 0.15) is 12.3 Å². The first-order chi connectivity index (χ1) is 11.8. The Labute approximate surface area is 148 Å². The van der Waals surface area contributed by atoms with Crippen LogP contribution in [-0.4, -0.2) is 29.5 Å². The van der Waals surface area contributed by atoms with E-state index in [1.54, 1.807) is 0 Å². The van der Waals surface area contributed by atoms with Gasteiger partial charge in [-0.1, -0.05) is 38.2 Å². The molecule has 0 aromatic carbocycles. The second-order valence-electron chi connectivity index (χ2n) is 8.73. The number of allylic oxidation sites excluding steroid dienone is 4. The van der Waals surface area contributed by atoms with Crippen molar-refractivity contribution < 1.29 is 19.0 Å². The summed E-state index contributed by atoms with van der Waals surface area (Å²) in [7, 11) is 0. The Bertz CT molecular complexity index is 681. The van der Waals surface area contributed by atoms with Crippen molar-refractivity contribution in [2.45, 2.75) is 58.4 Å². The summed E-state index contributed by atoms with van der Waals surface area (Å²) < 4.78 is 20.2. The van der Waals surface area contributed by atoms with Gasteiger partial charge in [-0.05, 0) is 48.7 Å². The number of aliphatic hydroxyl groups is 1. The second kappa shape index (κ2) is 5.54. The quantitative estimate of drug-likeness (QED) is 0.581. The molecule has 0 saturated heterocycles. The van der Waals surface area contributed by atoms with Crippen molar-refractivity contribution in [2.75, 3.05) is 0 Å². The van der Waals surface area contributed by atoms with Gasteiger partial charge in [-0.3, -0.25) is 4.79 Å². The Morgan fingerprint density at radius 2 is 2.08 bits per heavy atom. The lowest BCUT2D eigenvalue weighted by Crippen LogP contribution is -2.50. The Morgan fingerprint density at radius 1 is 1.32 bits per heavy atom. The topological polar surface area (TPSA) is 46.5 Å². The van der Waals surface area contributed by atoms with E-state index in [0.717, 1.165) is 12.8 Å². The van der Waals surface area contributed by atoms with E-state index >= 15 is 0 Å². The summed E-state index contributed by atoms with van der Waals surface area (Å²) in [5, 5.41) is 9.91. The number of ether oxygens (including phenoxy) is 1. The summed E-state index contributed by atoms with van der Waals surface area (Å²) in [6.07, 6.45) is 10.3. The number of alkyl halides is 1. The van der Waals surface area contributed by atoms with Crippen LogP contribution in [0.1, 0.15) is 40.0 Å². The maximum atomic E-state index is 14.8. The third-order valence-electron chi connectivity index (χ3n) is 7.40. The minimum atomic E-state index is -1.08. The lowest BCUT2D eigenvalue weighted by molar-refractivity contribution is -0.159. The smallest absolute Gasteiger partial charge is 0.303 e. The van der Waals surface area contributed by atoms with Crippen molar-refractivity contribution in [1.82, 2.24) is 0 Å². The number of fused-ring (bicyclic) bond motifs is 5. The van der Waals surface area contributed by atoms with Gasteiger partial charge in [0.05, 0.1) is 6.10 Å². The average Bonchev–Trinajstić information content (AvgIpc) is 2.79. The molecule has 0 aromatic rings. The van der Waals surface area contributed by atoms with E-state index < -0.39 is 24.3 Å². The monoisotopic (exact) mass is 346 g/mol. The lowest BCUT2D eigenvalue weighted by atomic mass is 9.50. The van der Waals surface area contributed by atoms with Crippen LogP contribution >= 0.6 is 0 Å². The van der Waals surface area contributed by atoms with Crippen LogP contribution in [0, 0.1) is 28.6 Å². The normalized spacial score (nSPS) is 50.5. The molecule has 0 spiro atoms. The zero-order valence-corrected chi connectivity index (χ0v) is 15.1. The molecule has 4 aliphatic carbocycles. The molecule has 25 heavy (non-hydrogen) atoms. The molecule has 3 nitrogen and oxygen atoms in total. The summed E-state index contributed by atoms with van der Waals surface area (Å²) in [5.41, 5.74) is 0.760. The Balaban J connectivity index is 1.70. The van der Waals surface area contributed by atoms with Gasteiger partial charge >= 0.3 is 5.97 Å². The van der Waals surface area contributed by atoms with Gasteiger partial charge in [-0.2, -0.15) is 0 Å². The van der Waals surface area contributed by atoms with Gasteiger partial charge in [0.25, 0.3) is 0 Å². The second-order valence-corrected chi connectivity index (χ2v) is 8.73. The van der Waals surface area contributed by atoms with Crippen LogP contribution in [0.2, 0.25) is 0 Å². The molecule has 4 rings (SSSR count). The number of esters is 1. The van der Waals surface area contributed by atoms with Crippen molar-refractivity contribution in [3.63, 3.8) is 0 Å². The molecule has 8 atom stereocenters. The minimum Gasteiger partial charge on any atom is -0.459 e. The molecule has 0 unspecified atom stereocenters. The van der Waals surface area contributed by atoms with E-state index in [9.17, 15) is 14.3 Å². The zero-order valence-electron chi connectivity index (χ0n) is 15.1. The fourth-order valence-corrected chi connectivity index (χ4v) is 6.08.